The maximum Gasteiger partial charge on any atom is 0.419 e. The van der Waals surface area contributed by atoms with Gasteiger partial charge in [-0.05, 0) is 24.8 Å². The lowest BCUT2D eigenvalue weighted by atomic mass is 9.91. The van der Waals surface area contributed by atoms with Crippen molar-refractivity contribution in [1.29, 1.82) is 0 Å². The van der Waals surface area contributed by atoms with Gasteiger partial charge in [0.25, 0.3) is 0 Å². The molecule has 1 aromatic carbocycles. The summed E-state index contributed by atoms with van der Waals surface area (Å²) in [6, 6.07) is 2.68. The van der Waals surface area contributed by atoms with Crippen LogP contribution in [0.3, 0.4) is 0 Å². The SMILES string of the molecule is N[C@@H](c1cccc(C(F)(F)F)c1F)C1CCCC1. The number of halogens is 4. The summed E-state index contributed by atoms with van der Waals surface area (Å²) < 4.78 is 51.6. The van der Waals surface area contributed by atoms with Crippen LogP contribution < -0.4 is 5.73 Å². The molecule has 0 saturated heterocycles. The molecular weight excluding hydrogens is 246 g/mol. The van der Waals surface area contributed by atoms with Gasteiger partial charge in [0.1, 0.15) is 5.82 Å². The molecule has 100 valence electrons. The van der Waals surface area contributed by atoms with Crippen molar-refractivity contribution >= 4 is 0 Å². The number of alkyl halides is 3. The smallest absolute Gasteiger partial charge is 0.324 e. The van der Waals surface area contributed by atoms with E-state index in [0.717, 1.165) is 31.7 Å². The lowest BCUT2D eigenvalue weighted by molar-refractivity contribution is -0.140. The Hall–Kier alpha value is -1.10. The van der Waals surface area contributed by atoms with Crippen LogP contribution in [0.15, 0.2) is 18.2 Å². The molecule has 18 heavy (non-hydrogen) atoms. The Balaban J connectivity index is 2.33. The van der Waals surface area contributed by atoms with E-state index in [1.54, 1.807) is 0 Å². The maximum absolute atomic E-state index is 13.9. The highest BCUT2D eigenvalue weighted by molar-refractivity contribution is 5.30. The minimum atomic E-state index is -4.67. The molecule has 0 aromatic heterocycles. The van der Waals surface area contributed by atoms with Crippen molar-refractivity contribution in [2.75, 3.05) is 0 Å². The molecule has 0 radical (unpaired) electrons. The van der Waals surface area contributed by atoms with Crippen molar-refractivity contribution in [3.8, 4) is 0 Å². The molecule has 5 heteroatoms. The van der Waals surface area contributed by atoms with Gasteiger partial charge in [-0.1, -0.05) is 25.0 Å². The summed E-state index contributed by atoms with van der Waals surface area (Å²) in [6.07, 6.45) is -0.929. The minimum absolute atomic E-state index is 0.0169. The Morgan fingerprint density at radius 2 is 1.78 bits per heavy atom. The minimum Gasteiger partial charge on any atom is -0.324 e. The van der Waals surface area contributed by atoms with Crippen molar-refractivity contribution in [1.82, 2.24) is 0 Å². The summed E-state index contributed by atoms with van der Waals surface area (Å²) in [7, 11) is 0. The second-order valence-corrected chi connectivity index (χ2v) is 4.78. The van der Waals surface area contributed by atoms with Crippen molar-refractivity contribution < 1.29 is 17.6 Å². The molecule has 0 bridgehead atoms. The van der Waals surface area contributed by atoms with E-state index in [4.69, 9.17) is 5.73 Å². The predicted octanol–water partition coefficient (Wildman–Crippen LogP) is 4.03. The lowest BCUT2D eigenvalue weighted by Crippen LogP contribution is -2.22. The third-order valence-corrected chi connectivity index (χ3v) is 3.60. The summed E-state index contributed by atoms with van der Waals surface area (Å²) >= 11 is 0. The molecule has 0 spiro atoms. The van der Waals surface area contributed by atoms with Gasteiger partial charge in [0, 0.05) is 11.6 Å². The number of rotatable bonds is 2. The Bertz CT molecular complexity index is 421. The van der Waals surface area contributed by atoms with Crippen LogP contribution in [0, 0.1) is 11.7 Å². The van der Waals surface area contributed by atoms with Gasteiger partial charge in [-0.15, -0.1) is 0 Å². The van der Waals surface area contributed by atoms with Gasteiger partial charge in [0.2, 0.25) is 0 Å². The molecule has 0 aliphatic heterocycles. The quantitative estimate of drug-likeness (QED) is 0.799. The highest BCUT2D eigenvalue weighted by Gasteiger charge is 2.36. The van der Waals surface area contributed by atoms with E-state index in [2.05, 4.69) is 0 Å². The zero-order valence-electron chi connectivity index (χ0n) is 9.80. The van der Waals surface area contributed by atoms with E-state index >= 15 is 0 Å². The van der Waals surface area contributed by atoms with Crippen LogP contribution in [0.2, 0.25) is 0 Å². The van der Waals surface area contributed by atoms with Crippen LogP contribution in [-0.2, 0) is 6.18 Å². The number of nitrogens with two attached hydrogens (primary N) is 1. The van der Waals surface area contributed by atoms with Crippen LogP contribution in [0.25, 0.3) is 0 Å². The highest BCUT2D eigenvalue weighted by atomic mass is 19.4. The van der Waals surface area contributed by atoms with Gasteiger partial charge in [-0.3, -0.25) is 0 Å². The molecule has 1 atom stereocenters. The van der Waals surface area contributed by atoms with E-state index in [1.807, 2.05) is 0 Å². The fourth-order valence-electron chi connectivity index (χ4n) is 2.60. The first kappa shape index (κ1) is 13.3. The van der Waals surface area contributed by atoms with E-state index in [9.17, 15) is 17.6 Å². The van der Waals surface area contributed by atoms with Crippen LogP contribution >= 0.6 is 0 Å². The Morgan fingerprint density at radius 1 is 1.17 bits per heavy atom. The van der Waals surface area contributed by atoms with Gasteiger partial charge in [0.15, 0.2) is 0 Å². The molecular formula is C13H15F4N. The lowest BCUT2D eigenvalue weighted by Gasteiger charge is -2.21. The first-order valence-corrected chi connectivity index (χ1v) is 6.02. The van der Waals surface area contributed by atoms with Crippen LogP contribution in [0.4, 0.5) is 17.6 Å². The molecule has 1 saturated carbocycles. The number of benzene rings is 1. The standard InChI is InChI=1S/C13H15F4N/c14-11-9(12(18)8-4-1-2-5-8)6-3-7-10(11)13(15,16)17/h3,6-8,12H,1-2,4-5,18H2/t12-/m1/s1. The second kappa shape index (κ2) is 4.88. The molecule has 1 nitrogen and oxygen atoms in total. The summed E-state index contributed by atoms with van der Waals surface area (Å²) in [5, 5.41) is 0. The first-order valence-electron chi connectivity index (χ1n) is 6.02. The van der Waals surface area contributed by atoms with Crippen molar-refractivity contribution in [2.45, 2.75) is 37.9 Å². The topological polar surface area (TPSA) is 26.0 Å². The number of hydrogen-bond acceptors (Lipinski definition) is 1. The van der Waals surface area contributed by atoms with Crippen molar-refractivity contribution in [3.63, 3.8) is 0 Å². The van der Waals surface area contributed by atoms with Crippen LogP contribution in [0.5, 0.6) is 0 Å². The van der Waals surface area contributed by atoms with E-state index in [1.165, 1.54) is 12.1 Å². The number of hydrogen-bond donors (Lipinski definition) is 1. The van der Waals surface area contributed by atoms with Crippen molar-refractivity contribution in [3.05, 3.63) is 35.1 Å². The molecule has 2 rings (SSSR count). The van der Waals surface area contributed by atoms with Gasteiger partial charge in [0.05, 0.1) is 5.56 Å². The molecule has 0 heterocycles. The molecule has 1 aliphatic carbocycles. The van der Waals surface area contributed by atoms with Gasteiger partial charge < -0.3 is 5.73 Å². The first-order chi connectivity index (χ1) is 8.41. The highest BCUT2D eigenvalue weighted by Crippen LogP contribution is 2.38. The molecule has 1 aliphatic rings. The second-order valence-electron chi connectivity index (χ2n) is 4.78. The zero-order valence-corrected chi connectivity index (χ0v) is 9.80. The summed E-state index contributed by atoms with van der Waals surface area (Å²) in [4.78, 5) is 0. The molecule has 1 aromatic rings. The monoisotopic (exact) mass is 261 g/mol. The zero-order chi connectivity index (χ0) is 13.3. The normalized spacial score (nSPS) is 19.2. The average Bonchev–Trinajstić information content (AvgIpc) is 2.80. The fourth-order valence-corrected chi connectivity index (χ4v) is 2.60. The molecule has 0 unspecified atom stereocenters. The average molecular weight is 261 g/mol. The third-order valence-electron chi connectivity index (χ3n) is 3.60. The Morgan fingerprint density at radius 3 is 2.33 bits per heavy atom. The van der Waals surface area contributed by atoms with Gasteiger partial charge in [-0.2, -0.15) is 13.2 Å². The van der Waals surface area contributed by atoms with E-state index < -0.39 is 23.6 Å². The van der Waals surface area contributed by atoms with Gasteiger partial charge >= 0.3 is 6.18 Å². The third kappa shape index (κ3) is 2.51. The van der Waals surface area contributed by atoms with E-state index in [0.29, 0.717) is 0 Å². The Labute approximate surface area is 103 Å². The fraction of sp³-hybridized carbons (Fsp3) is 0.538. The van der Waals surface area contributed by atoms with E-state index in [-0.39, 0.29) is 11.5 Å². The molecule has 0 amide bonds. The Kier molecular flexibility index (Phi) is 3.61. The largest absolute Gasteiger partial charge is 0.419 e. The van der Waals surface area contributed by atoms with Crippen LogP contribution in [-0.4, -0.2) is 0 Å². The van der Waals surface area contributed by atoms with Gasteiger partial charge in [-0.25, -0.2) is 4.39 Å². The van der Waals surface area contributed by atoms with Crippen molar-refractivity contribution in [2.24, 2.45) is 11.7 Å². The summed E-state index contributed by atoms with van der Waals surface area (Å²) in [6.45, 7) is 0. The molecule has 2 N–H and O–H groups in total. The summed E-state index contributed by atoms with van der Waals surface area (Å²) in [5.41, 5.74) is 4.66. The van der Waals surface area contributed by atoms with Crippen LogP contribution in [0.1, 0.15) is 42.9 Å². The summed E-state index contributed by atoms with van der Waals surface area (Å²) in [5.74, 6) is -1.13. The maximum atomic E-state index is 13.9. The predicted molar refractivity (Wildman–Crippen MR) is 60.3 cm³/mol. The molecule has 1 fully saturated rings.